The lowest BCUT2D eigenvalue weighted by Gasteiger charge is -2.31. The molecule has 1 heterocycles. The van der Waals surface area contributed by atoms with E-state index in [4.69, 9.17) is 10.5 Å². The zero-order valence-electron chi connectivity index (χ0n) is 12.9. The van der Waals surface area contributed by atoms with Crippen LogP contribution in [0, 0.1) is 0 Å². The van der Waals surface area contributed by atoms with Crippen molar-refractivity contribution < 1.29 is 13.2 Å². The van der Waals surface area contributed by atoms with Crippen LogP contribution in [0.4, 0.5) is 0 Å². The highest BCUT2D eigenvalue weighted by Crippen LogP contribution is 2.29. The van der Waals surface area contributed by atoms with E-state index in [-0.39, 0.29) is 6.10 Å². The lowest BCUT2D eigenvalue weighted by atomic mass is 10.1. The Labute approximate surface area is 137 Å². The summed E-state index contributed by atoms with van der Waals surface area (Å²) in [6, 6.07) is 7.17. The molecular weight excluding hydrogens is 320 g/mol. The van der Waals surface area contributed by atoms with Crippen LogP contribution in [0.15, 0.2) is 34.1 Å². The van der Waals surface area contributed by atoms with Crippen LogP contribution in [0.1, 0.15) is 19.3 Å². The number of sulfonamides is 1. The molecule has 1 fully saturated rings. The lowest BCUT2D eigenvalue weighted by Crippen LogP contribution is -2.41. The first-order valence-corrected chi connectivity index (χ1v) is 10.2. The largest absolute Gasteiger partial charge is 0.378 e. The van der Waals surface area contributed by atoms with Crippen LogP contribution in [-0.2, 0) is 14.8 Å². The standard InChI is InChI=1S/C15H24N2O3S2/c1-21-14-5-2-3-6-15(14)22(18,19)17-10-7-13(8-11-17)20-12-4-9-16/h2-3,5-6,13H,4,7-12,16H2,1H3. The van der Waals surface area contributed by atoms with Crippen molar-refractivity contribution in [3.05, 3.63) is 24.3 Å². The smallest absolute Gasteiger partial charge is 0.244 e. The fourth-order valence-corrected chi connectivity index (χ4v) is 5.14. The third kappa shape index (κ3) is 4.23. The van der Waals surface area contributed by atoms with Crippen molar-refractivity contribution >= 4 is 21.8 Å². The van der Waals surface area contributed by atoms with Gasteiger partial charge in [-0.15, -0.1) is 11.8 Å². The van der Waals surface area contributed by atoms with Crippen LogP contribution < -0.4 is 5.73 Å². The molecule has 124 valence electrons. The molecule has 2 N–H and O–H groups in total. The topological polar surface area (TPSA) is 72.6 Å². The monoisotopic (exact) mass is 344 g/mol. The first kappa shape index (κ1) is 17.7. The predicted molar refractivity (Wildman–Crippen MR) is 89.6 cm³/mol. The predicted octanol–water partition coefficient (Wildman–Crippen LogP) is 1.93. The fourth-order valence-electron chi connectivity index (χ4n) is 2.54. The van der Waals surface area contributed by atoms with Crippen molar-refractivity contribution in [1.29, 1.82) is 0 Å². The Morgan fingerprint density at radius 1 is 1.32 bits per heavy atom. The van der Waals surface area contributed by atoms with Gasteiger partial charge in [-0.25, -0.2) is 8.42 Å². The highest BCUT2D eigenvalue weighted by Gasteiger charge is 2.30. The molecular formula is C15H24N2O3S2. The van der Waals surface area contributed by atoms with Gasteiger partial charge in [0.05, 0.1) is 11.0 Å². The second-order valence-electron chi connectivity index (χ2n) is 5.27. The third-order valence-electron chi connectivity index (χ3n) is 3.79. The van der Waals surface area contributed by atoms with E-state index in [1.54, 1.807) is 16.4 Å². The normalized spacial score (nSPS) is 17.7. The van der Waals surface area contributed by atoms with Gasteiger partial charge >= 0.3 is 0 Å². The third-order valence-corrected chi connectivity index (χ3v) is 6.67. The molecule has 7 heteroatoms. The number of nitrogens with zero attached hydrogens (tertiary/aromatic N) is 1. The van der Waals surface area contributed by atoms with Gasteiger partial charge in [-0.1, -0.05) is 12.1 Å². The molecule has 2 rings (SSSR count). The minimum absolute atomic E-state index is 0.147. The maximum atomic E-state index is 12.8. The number of thioether (sulfide) groups is 1. The SMILES string of the molecule is CSc1ccccc1S(=O)(=O)N1CCC(OCCCN)CC1. The first-order valence-electron chi connectivity index (χ1n) is 7.54. The Balaban J connectivity index is 2.00. The van der Waals surface area contributed by atoms with Crippen LogP contribution in [0.5, 0.6) is 0 Å². The summed E-state index contributed by atoms with van der Waals surface area (Å²) in [6.07, 6.45) is 4.37. The first-order chi connectivity index (χ1) is 10.6. The van der Waals surface area contributed by atoms with Crippen molar-refractivity contribution in [2.45, 2.75) is 35.2 Å². The molecule has 0 aliphatic carbocycles. The van der Waals surface area contributed by atoms with Crippen molar-refractivity contribution in [3.8, 4) is 0 Å². The summed E-state index contributed by atoms with van der Waals surface area (Å²) in [5.41, 5.74) is 5.45. The van der Waals surface area contributed by atoms with Gasteiger partial charge in [-0.3, -0.25) is 0 Å². The number of nitrogens with two attached hydrogens (primary N) is 1. The van der Waals surface area contributed by atoms with E-state index < -0.39 is 10.0 Å². The summed E-state index contributed by atoms with van der Waals surface area (Å²) < 4.78 is 32.9. The van der Waals surface area contributed by atoms with Crippen molar-refractivity contribution in [3.63, 3.8) is 0 Å². The second-order valence-corrected chi connectivity index (χ2v) is 8.02. The van der Waals surface area contributed by atoms with Gasteiger partial charge in [-0.2, -0.15) is 4.31 Å². The number of hydrogen-bond acceptors (Lipinski definition) is 5. The van der Waals surface area contributed by atoms with E-state index in [1.807, 2.05) is 18.4 Å². The van der Waals surface area contributed by atoms with Crippen LogP contribution in [-0.4, -0.2) is 51.3 Å². The molecule has 0 bridgehead atoms. The van der Waals surface area contributed by atoms with Gasteiger partial charge in [0.2, 0.25) is 10.0 Å². The van der Waals surface area contributed by atoms with E-state index in [2.05, 4.69) is 0 Å². The molecule has 1 aliphatic rings. The second kappa shape index (κ2) is 8.31. The van der Waals surface area contributed by atoms with Crippen LogP contribution >= 0.6 is 11.8 Å². The zero-order chi connectivity index (χ0) is 16.0. The highest BCUT2D eigenvalue weighted by atomic mass is 32.2. The molecule has 1 aromatic rings. The molecule has 1 saturated heterocycles. The molecule has 22 heavy (non-hydrogen) atoms. The lowest BCUT2D eigenvalue weighted by molar-refractivity contribution is 0.0208. The van der Waals surface area contributed by atoms with Gasteiger partial charge < -0.3 is 10.5 Å². The minimum Gasteiger partial charge on any atom is -0.378 e. The van der Waals surface area contributed by atoms with Crippen molar-refractivity contribution in [1.82, 2.24) is 4.31 Å². The molecule has 0 atom stereocenters. The molecule has 0 radical (unpaired) electrons. The zero-order valence-corrected chi connectivity index (χ0v) is 14.5. The Kier molecular flexibility index (Phi) is 6.70. The number of hydrogen-bond donors (Lipinski definition) is 1. The summed E-state index contributed by atoms with van der Waals surface area (Å²) in [4.78, 5) is 1.20. The van der Waals surface area contributed by atoms with Gasteiger partial charge in [-0.05, 0) is 44.2 Å². The fraction of sp³-hybridized carbons (Fsp3) is 0.600. The van der Waals surface area contributed by atoms with Crippen LogP contribution in [0.3, 0.4) is 0 Å². The molecule has 5 nitrogen and oxygen atoms in total. The van der Waals surface area contributed by atoms with E-state index >= 15 is 0 Å². The van der Waals surface area contributed by atoms with Crippen molar-refractivity contribution in [2.24, 2.45) is 5.73 Å². The van der Waals surface area contributed by atoms with Gasteiger partial charge in [0, 0.05) is 24.6 Å². The van der Waals surface area contributed by atoms with E-state index in [0.29, 0.717) is 31.1 Å². The summed E-state index contributed by atoms with van der Waals surface area (Å²) in [5.74, 6) is 0. The Morgan fingerprint density at radius 3 is 2.64 bits per heavy atom. The van der Waals surface area contributed by atoms with E-state index in [0.717, 1.165) is 24.2 Å². The Morgan fingerprint density at radius 2 is 2.00 bits per heavy atom. The number of benzene rings is 1. The number of piperidine rings is 1. The summed E-state index contributed by atoms with van der Waals surface area (Å²) in [5, 5.41) is 0. The maximum Gasteiger partial charge on any atom is 0.244 e. The minimum atomic E-state index is -3.42. The number of ether oxygens (including phenoxy) is 1. The molecule has 0 aromatic heterocycles. The summed E-state index contributed by atoms with van der Waals surface area (Å²) in [6.45, 7) is 2.30. The van der Waals surface area contributed by atoms with Crippen molar-refractivity contribution in [2.75, 3.05) is 32.5 Å². The van der Waals surface area contributed by atoms with Gasteiger partial charge in [0.15, 0.2) is 0 Å². The quantitative estimate of drug-likeness (QED) is 0.604. The van der Waals surface area contributed by atoms with Crippen LogP contribution in [0.25, 0.3) is 0 Å². The molecule has 0 saturated carbocycles. The molecule has 0 amide bonds. The average Bonchev–Trinajstić information content (AvgIpc) is 2.55. The molecule has 1 aliphatic heterocycles. The molecule has 1 aromatic carbocycles. The summed E-state index contributed by atoms with van der Waals surface area (Å²) >= 11 is 1.46. The Bertz CT molecular complexity index is 570. The number of rotatable bonds is 7. The Hall–Kier alpha value is -0.600. The van der Waals surface area contributed by atoms with Gasteiger partial charge in [0.25, 0.3) is 0 Å². The summed E-state index contributed by atoms with van der Waals surface area (Å²) in [7, 11) is -3.42. The maximum absolute atomic E-state index is 12.8. The molecule has 0 unspecified atom stereocenters. The van der Waals surface area contributed by atoms with E-state index in [1.165, 1.54) is 11.8 Å². The highest BCUT2D eigenvalue weighted by molar-refractivity contribution is 7.99. The van der Waals surface area contributed by atoms with E-state index in [9.17, 15) is 8.42 Å². The average molecular weight is 345 g/mol. The van der Waals surface area contributed by atoms with Crippen LogP contribution in [0.2, 0.25) is 0 Å². The van der Waals surface area contributed by atoms with Gasteiger partial charge in [0.1, 0.15) is 0 Å². The molecule has 0 spiro atoms.